The Morgan fingerprint density at radius 2 is 1.81 bits per heavy atom. The number of hydrogen-bond acceptors (Lipinski definition) is 6. The standard InChI is InChI=1S/C27H26N6O3/c1-17(21-10-6-8-19-7-4-5-9-22(19)21)30-31-26-28-24-23(25(34)29-27(35)32(24)2)33(26)16-15-18-11-13-20(36-3)14-12-18/h4-14H,15-16H2,1-3H3,(H,28,31)(H,29,34,35). The van der Waals surface area contributed by atoms with Crippen LogP contribution in [0, 0.1) is 0 Å². The highest BCUT2D eigenvalue weighted by Gasteiger charge is 2.17. The van der Waals surface area contributed by atoms with E-state index in [1.165, 1.54) is 4.57 Å². The van der Waals surface area contributed by atoms with Gasteiger partial charge in [0.25, 0.3) is 5.56 Å². The van der Waals surface area contributed by atoms with Gasteiger partial charge in [-0.2, -0.15) is 10.1 Å². The monoisotopic (exact) mass is 482 g/mol. The van der Waals surface area contributed by atoms with Crippen molar-refractivity contribution in [2.45, 2.75) is 19.9 Å². The third kappa shape index (κ3) is 4.26. The molecule has 0 spiro atoms. The van der Waals surface area contributed by atoms with Crippen LogP contribution in [0.2, 0.25) is 0 Å². The number of hydrogen-bond donors (Lipinski definition) is 2. The first-order valence-corrected chi connectivity index (χ1v) is 11.6. The average Bonchev–Trinajstić information content (AvgIpc) is 3.28. The number of ether oxygens (including phenoxy) is 1. The molecule has 0 unspecified atom stereocenters. The van der Waals surface area contributed by atoms with E-state index in [0.717, 1.165) is 33.4 Å². The number of anilines is 1. The van der Waals surface area contributed by atoms with Gasteiger partial charge in [-0.25, -0.2) is 10.2 Å². The van der Waals surface area contributed by atoms with E-state index < -0.39 is 11.2 Å². The first-order chi connectivity index (χ1) is 17.5. The van der Waals surface area contributed by atoms with Crippen molar-refractivity contribution in [2.75, 3.05) is 12.5 Å². The highest BCUT2D eigenvalue weighted by molar-refractivity contribution is 6.09. The van der Waals surface area contributed by atoms with E-state index in [0.29, 0.717) is 30.1 Å². The zero-order valence-electron chi connectivity index (χ0n) is 20.3. The second kappa shape index (κ2) is 9.53. The minimum absolute atomic E-state index is 0.291. The Hall–Kier alpha value is -4.66. The van der Waals surface area contributed by atoms with Gasteiger partial charge in [-0.1, -0.05) is 54.6 Å². The summed E-state index contributed by atoms with van der Waals surface area (Å²) in [4.78, 5) is 31.9. The fourth-order valence-corrected chi connectivity index (χ4v) is 4.31. The molecule has 9 heteroatoms. The maximum Gasteiger partial charge on any atom is 0.329 e. The summed E-state index contributed by atoms with van der Waals surface area (Å²) < 4.78 is 8.32. The molecule has 5 rings (SSSR count). The van der Waals surface area contributed by atoms with Gasteiger partial charge >= 0.3 is 5.69 Å². The molecule has 3 aromatic carbocycles. The van der Waals surface area contributed by atoms with Crippen LogP contribution in [0.4, 0.5) is 5.95 Å². The van der Waals surface area contributed by atoms with Crippen LogP contribution in [0.15, 0.2) is 81.4 Å². The molecule has 2 aromatic heterocycles. The topological polar surface area (TPSA) is 106 Å². The number of aromatic nitrogens is 4. The SMILES string of the molecule is COc1ccc(CCn2c(NN=C(C)c3cccc4ccccc34)nc3c2c(=O)[nH]c(=O)n3C)cc1. The third-order valence-electron chi connectivity index (χ3n) is 6.29. The Labute approximate surface area is 206 Å². The molecule has 0 saturated heterocycles. The first kappa shape index (κ1) is 23.1. The van der Waals surface area contributed by atoms with Crippen LogP contribution in [0.1, 0.15) is 18.1 Å². The second-order valence-electron chi connectivity index (χ2n) is 8.51. The number of benzene rings is 3. The lowest BCUT2D eigenvalue weighted by Gasteiger charge is -2.10. The van der Waals surface area contributed by atoms with Gasteiger partial charge in [0.15, 0.2) is 11.2 Å². The molecule has 5 aromatic rings. The van der Waals surface area contributed by atoms with E-state index in [2.05, 4.69) is 38.7 Å². The highest BCUT2D eigenvalue weighted by Crippen LogP contribution is 2.21. The van der Waals surface area contributed by atoms with Crippen LogP contribution in [0.25, 0.3) is 21.9 Å². The lowest BCUT2D eigenvalue weighted by atomic mass is 10.0. The van der Waals surface area contributed by atoms with E-state index in [-0.39, 0.29) is 0 Å². The Bertz CT molecular complexity index is 1710. The molecule has 0 amide bonds. The van der Waals surface area contributed by atoms with E-state index >= 15 is 0 Å². The Morgan fingerprint density at radius 3 is 2.58 bits per heavy atom. The summed E-state index contributed by atoms with van der Waals surface area (Å²) in [6, 6.07) is 22.0. The minimum Gasteiger partial charge on any atom is -0.497 e. The van der Waals surface area contributed by atoms with Gasteiger partial charge in [-0.15, -0.1) is 0 Å². The van der Waals surface area contributed by atoms with Crippen molar-refractivity contribution < 1.29 is 4.74 Å². The Kier molecular flexibility index (Phi) is 6.12. The van der Waals surface area contributed by atoms with E-state index in [4.69, 9.17) is 4.74 Å². The molecular weight excluding hydrogens is 456 g/mol. The van der Waals surface area contributed by atoms with Crippen molar-refractivity contribution in [3.8, 4) is 5.75 Å². The molecule has 182 valence electrons. The number of fused-ring (bicyclic) bond motifs is 2. The number of aromatic amines is 1. The summed E-state index contributed by atoms with van der Waals surface area (Å²) in [5.74, 6) is 1.16. The largest absolute Gasteiger partial charge is 0.497 e. The van der Waals surface area contributed by atoms with E-state index in [1.807, 2.05) is 55.5 Å². The molecule has 0 saturated carbocycles. The average molecular weight is 483 g/mol. The van der Waals surface area contributed by atoms with Crippen molar-refractivity contribution in [3.05, 3.63) is 98.7 Å². The summed E-state index contributed by atoms with van der Waals surface area (Å²) >= 11 is 0. The number of rotatable bonds is 7. The molecule has 2 heterocycles. The predicted molar refractivity (Wildman–Crippen MR) is 142 cm³/mol. The molecule has 9 nitrogen and oxygen atoms in total. The van der Waals surface area contributed by atoms with Gasteiger partial charge in [0, 0.05) is 19.2 Å². The normalized spacial score (nSPS) is 11.8. The fourth-order valence-electron chi connectivity index (χ4n) is 4.31. The molecule has 0 atom stereocenters. The number of hydrazone groups is 1. The van der Waals surface area contributed by atoms with Crippen molar-refractivity contribution in [1.82, 2.24) is 19.1 Å². The summed E-state index contributed by atoms with van der Waals surface area (Å²) in [5.41, 5.74) is 5.47. The molecule has 36 heavy (non-hydrogen) atoms. The van der Waals surface area contributed by atoms with Crippen LogP contribution < -0.4 is 21.4 Å². The van der Waals surface area contributed by atoms with Crippen molar-refractivity contribution in [2.24, 2.45) is 12.1 Å². The molecular formula is C27H26N6O3. The fraction of sp³-hybridized carbons (Fsp3) is 0.185. The van der Waals surface area contributed by atoms with Crippen molar-refractivity contribution >= 4 is 33.6 Å². The first-order valence-electron chi connectivity index (χ1n) is 11.6. The van der Waals surface area contributed by atoms with Crippen LogP contribution in [-0.4, -0.2) is 31.9 Å². The predicted octanol–water partition coefficient (Wildman–Crippen LogP) is 3.66. The highest BCUT2D eigenvalue weighted by atomic mass is 16.5. The van der Waals surface area contributed by atoms with E-state index in [1.54, 1.807) is 18.7 Å². The number of H-pyrrole nitrogens is 1. The number of imidazole rings is 1. The van der Waals surface area contributed by atoms with E-state index in [9.17, 15) is 9.59 Å². The Balaban J connectivity index is 1.53. The molecule has 0 aliphatic heterocycles. The lowest BCUT2D eigenvalue weighted by molar-refractivity contribution is 0.414. The maximum absolute atomic E-state index is 12.8. The minimum atomic E-state index is -0.519. The molecule has 0 fully saturated rings. The van der Waals surface area contributed by atoms with Gasteiger partial charge in [0.1, 0.15) is 5.75 Å². The molecule has 0 radical (unpaired) electrons. The molecule has 0 aliphatic carbocycles. The zero-order chi connectivity index (χ0) is 25.2. The molecule has 2 N–H and O–H groups in total. The number of methoxy groups -OCH3 is 1. The number of nitrogens with zero attached hydrogens (tertiary/aromatic N) is 4. The Morgan fingerprint density at radius 1 is 1.06 bits per heavy atom. The number of aryl methyl sites for hydroxylation is 3. The lowest BCUT2D eigenvalue weighted by Crippen LogP contribution is -2.29. The zero-order valence-corrected chi connectivity index (χ0v) is 20.3. The number of nitrogens with one attached hydrogen (secondary N) is 2. The van der Waals surface area contributed by atoms with Gasteiger partial charge in [-0.3, -0.25) is 14.3 Å². The van der Waals surface area contributed by atoms with Crippen LogP contribution >= 0.6 is 0 Å². The quantitative estimate of drug-likeness (QED) is 0.272. The van der Waals surface area contributed by atoms with Crippen molar-refractivity contribution in [1.29, 1.82) is 0 Å². The smallest absolute Gasteiger partial charge is 0.329 e. The van der Waals surface area contributed by atoms with Gasteiger partial charge in [0.2, 0.25) is 5.95 Å². The second-order valence-corrected chi connectivity index (χ2v) is 8.51. The summed E-state index contributed by atoms with van der Waals surface area (Å²) in [6.45, 7) is 2.37. The molecule has 0 bridgehead atoms. The van der Waals surface area contributed by atoms with Gasteiger partial charge < -0.3 is 9.30 Å². The third-order valence-corrected chi connectivity index (χ3v) is 6.29. The molecule has 0 aliphatic rings. The van der Waals surface area contributed by atoms with Crippen LogP contribution in [0.3, 0.4) is 0 Å². The maximum atomic E-state index is 12.8. The van der Waals surface area contributed by atoms with Gasteiger partial charge in [0.05, 0.1) is 12.8 Å². The van der Waals surface area contributed by atoms with Crippen LogP contribution in [-0.2, 0) is 20.0 Å². The van der Waals surface area contributed by atoms with Gasteiger partial charge in [-0.05, 0) is 41.8 Å². The van der Waals surface area contributed by atoms with Crippen molar-refractivity contribution in [3.63, 3.8) is 0 Å². The summed E-state index contributed by atoms with van der Waals surface area (Å²) in [6.07, 6.45) is 0.637. The van der Waals surface area contributed by atoms with Crippen LogP contribution in [0.5, 0.6) is 5.75 Å². The summed E-state index contributed by atoms with van der Waals surface area (Å²) in [5, 5.41) is 6.81. The summed E-state index contributed by atoms with van der Waals surface area (Å²) in [7, 11) is 3.21.